The molecule has 2 fully saturated rings. The first-order valence-electron chi connectivity index (χ1n) is 16.2. The van der Waals surface area contributed by atoms with E-state index in [0.29, 0.717) is 25.2 Å². The number of aromatic nitrogens is 2. The number of carbonyl (C=O) groups excluding carboxylic acids is 3. The molecule has 0 bridgehead atoms. The average Bonchev–Trinajstić information content (AvgIpc) is 3.62. The third-order valence-corrected chi connectivity index (χ3v) is 9.13. The summed E-state index contributed by atoms with van der Waals surface area (Å²) in [4.78, 5) is 52.8. The lowest BCUT2D eigenvalue weighted by molar-refractivity contribution is -0.128. The number of methoxy groups -OCH3 is 2. The normalized spacial score (nSPS) is 25.4. The summed E-state index contributed by atoms with van der Waals surface area (Å²) >= 11 is 0. The van der Waals surface area contributed by atoms with E-state index in [1.54, 1.807) is 23.0 Å². The minimum absolute atomic E-state index is 0.0526. The molecule has 1 aliphatic carbocycles. The highest BCUT2D eigenvalue weighted by Crippen LogP contribution is 2.43. The van der Waals surface area contributed by atoms with Gasteiger partial charge >= 0.3 is 12.0 Å². The van der Waals surface area contributed by atoms with Crippen LogP contribution in [0.2, 0.25) is 0 Å². The monoisotopic (exact) mass is 639 g/mol. The van der Waals surface area contributed by atoms with Gasteiger partial charge in [-0.2, -0.15) is 9.97 Å². The van der Waals surface area contributed by atoms with Crippen LogP contribution in [0.15, 0.2) is 72.8 Å². The third kappa shape index (κ3) is 7.40. The van der Waals surface area contributed by atoms with Crippen LogP contribution < -0.4 is 19.5 Å². The average molecular weight is 640 g/mol. The lowest BCUT2D eigenvalue weighted by atomic mass is 10.1. The van der Waals surface area contributed by atoms with Crippen LogP contribution in [-0.4, -0.2) is 83.0 Å². The smallest absolute Gasteiger partial charge is 0.321 e. The van der Waals surface area contributed by atoms with Crippen molar-refractivity contribution in [2.75, 3.05) is 27.3 Å². The molecule has 3 heterocycles. The minimum atomic E-state index is -0.950. The topological polar surface area (TPSA) is 123 Å². The molecule has 0 spiro atoms. The Hall–Kier alpha value is -4.93. The first-order valence-corrected chi connectivity index (χ1v) is 16.2. The maximum Gasteiger partial charge on any atom is 0.321 e. The first-order chi connectivity index (χ1) is 22.9. The molecule has 1 saturated heterocycles. The summed E-state index contributed by atoms with van der Waals surface area (Å²) in [5.74, 6) is 0.601. The van der Waals surface area contributed by atoms with Gasteiger partial charge in [0.05, 0.1) is 26.5 Å². The SMILES string of the molecule is COc1ccc(CN2CCCCC/C=C/C3CC3(C=O)NC(=O)C3CC(Oc4cc(-c5ccccc5)nc(OC)n4)CN3C2=O)cc1. The predicted octanol–water partition coefficient (Wildman–Crippen LogP) is 4.81. The maximum atomic E-state index is 14.4. The molecule has 4 atom stereocenters. The number of urea groups is 1. The van der Waals surface area contributed by atoms with Gasteiger partial charge in [-0.3, -0.25) is 4.79 Å². The van der Waals surface area contributed by atoms with E-state index in [4.69, 9.17) is 14.2 Å². The summed E-state index contributed by atoms with van der Waals surface area (Å²) in [7, 11) is 3.11. The second-order valence-electron chi connectivity index (χ2n) is 12.4. The number of rotatable bonds is 8. The molecule has 6 rings (SSSR count). The molecule has 0 radical (unpaired) electrons. The Morgan fingerprint density at radius 3 is 2.55 bits per heavy atom. The first kappa shape index (κ1) is 32.0. The molecule has 3 amide bonds. The molecule has 4 unspecified atom stereocenters. The molecule has 246 valence electrons. The van der Waals surface area contributed by atoms with Crippen LogP contribution in [0, 0.1) is 5.92 Å². The predicted molar refractivity (Wildman–Crippen MR) is 175 cm³/mol. The number of benzene rings is 2. The van der Waals surface area contributed by atoms with Crippen molar-refractivity contribution in [3.05, 3.63) is 78.4 Å². The highest BCUT2D eigenvalue weighted by Gasteiger charge is 2.55. The Balaban J connectivity index is 1.28. The van der Waals surface area contributed by atoms with Crippen LogP contribution in [0.4, 0.5) is 4.79 Å². The van der Waals surface area contributed by atoms with Gasteiger partial charge in [0.15, 0.2) is 0 Å². The van der Waals surface area contributed by atoms with E-state index in [-0.39, 0.29) is 42.7 Å². The highest BCUT2D eigenvalue weighted by atomic mass is 16.5. The Bertz CT molecular complexity index is 1600. The van der Waals surface area contributed by atoms with Gasteiger partial charge in [0.1, 0.15) is 29.7 Å². The maximum absolute atomic E-state index is 14.4. The summed E-state index contributed by atoms with van der Waals surface area (Å²) < 4.78 is 17.0. The second kappa shape index (κ2) is 14.2. The van der Waals surface area contributed by atoms with Crippen molar-refractivity contribution in [3.8, 4) is 28.9 Å². The van der Waals surface area contributed by atoms with Crippen molar-refractivity contribution in [1.29, 1.82) is 0 Å². The fraction of sp³-hybridized carbons (Fsp3) is 0.417. The lowest BCUT2D eigenvalue weighted by Crippen LogP contribution is -2.53. The van der Waals surface area contributed by atoms with Gasteiger partial charge in [0.25, 0.3) is 0 Å². The molecule has 11 heteroatoms. The minimum Gasteiger partial charge on any atom is -0.497 e. The molecular formula is C36H41N5O6. The number of hydrogen-bond donors (Lipinski definition) is 1. The van der Waals surface area contributed by atoms with E-state index in [0.717, 1.165) is 48.8 Å². The van der Waals surface area contributed by atoms with Gasteiger partial charge in [-0.1, -0.05) is 61.0 Å². The van der Waals surface area contributed by atoms with E-state index in [2.05, 4.69) is 21.4 Å². The fourth-order valence-electron chi connectivity index (χ4n) is 6.37. The number of amides is 3. The molecule has 2 aromatic carbocycles. The molecule has 1 N–H and O–H groups in total. The number of fused-ring (bicyclic) bond motifs is 2. The standard InChI is InChI=1S/C36H41N5O6/c1-45-28-16-14-25(15-17-28)22-40-18-10-5-3-4-9-13-27-21-36(27,24-42)39-33(43)31-19-29(23-41(31)35(40)44)47-32-20-30(37-34(38-32)46-2)26-11-7-6-8-12-26/h6-9,11-17,20,24,27,29,31H,3-5,10,18-19,21-23H2,1-2H3,(H,39,43)/b13-9+. The van der Waals surface area contributed by atoms with E-state index in [1.165, 1.54) is 7.11 Å². The van der Waals surface area contributed by atoms with Crippen molar-refractivity contribution in [2.24, 2.45) is 5.92 Å². The number of nitrogens with zero attached hydrogens (tertiary/aromatic N) is 4. The van der Waals surface area contributed by atoms with Gasteiger partial charge in [-0.15, -0.1) is 0 Å². The molecule has 2 aliphatic heterocycles. The Morgan fingerprint density at radius 2 is 1.81 bits per heavy atom. The van der Waals surface area contributed by atoms with E-state index < -0.39 is 17.7 Å². The molecule has 11 nitrogen and oxygen atoms in total. The van der Waals surface area contributed by atoms with Crippen molar-refractivity contribution in [2.45, 2.75) is 62.8 Å². The number of hydrogen-bond acceptors (Lipinski definition) is 8. The Kier molecular flexibility index (Phi) is 9.70. The van der Waals surface area contributed by atoms with Crippen molar-refractivity contribution < 1.29 is 28.6 Å². The van der Waals surface area contributed by atoms with Gasteiger partial charge in [0.2, 0.25) is 11.8 Å². The van der Waals surface area contributed by atoms with Crippen LogP contribution in [0.1, 0.15) is 44.1 Å². The number of allylic oxidation sites excluding steroid dienone is 1. The fourth-order valence-corrected chi connectivity index (χ4v) is 6.37. The largest absolute Gasteiger partial charge is 0.497 e. The van der Waals surface area contributed by atoms with Crippen LogP contribution >= 0.6 is 0 Å². The quantitative estimate of drug-likeness (QED) is 0.275. The Morgan fingerprint density at radius 1 is 1.00 bits per heavy atom. The summed E-state index contributed by atoms with van der Waals surface area (Å²) in [6, 6.07) is 18.1. The highest BCUT2D eigenvalue weighted by molar-refractivity contribution is 5.91. The van der Waals surface area contributed by atoms with Crippen LogP contribution in [-0.2, 0) is 16.1 Å². The third-order valence-electron chi connectivity index (χ3n) is 9.13. The van der Waals surface area contributed by atoms with Crippen molar-refractivity contribution in [3.63, 3.8) is 0 Å². The summed E-state index contributed by atoms with van der Waals surface area (Å²) in [6.07, 6.45) is 8.86. The van der Waals surface area contributed by atoms with E-state index in [9.17, 15) is 14.4 Å². The van der Waals surface area contributed by atoms with Crippen molar-refractivity contribution >= 4 is 18.2 Å². The van der Waals surface area contributed by atoms with E-state index >= 15 is 0 Å². The van der Waals surface area contributed by atoms with Gasteiger partial charge in [-0.05, 0) is 43.4 Å². The Labute approximate surface area is 274 Å². The van der Waals surface area contributed by atoms with Crippen LogP contribution in [0.5, 0.6) is 17.6 Å². The van der Waals surface area contributed by atoms with Gasteiger partial charge in [-0.25, -0.2) is 4.79 Å². The zero-order valence-electron chi connectivity index (χ0n) is 26.8. The lowest BCUT2D eigenvalue weighted by Gasteiger charge is -2.32. The number of ether oxygens (including phenoxy) is 3. The van der Waals surface area contributed by atoms with E-state index in [1.807, 2.05) is 60.7 Å². The van der Waals surface area contributed by atoms with Gasteiger partial charge < -0.3 is 34.1 Å². The number of carbonyl (C=O) groups is 3. The summed E-state index contributed by atoms with van der Waals surface area (Å²) in [5.41, 5.74) is 1.50. The summed E-state index contributed by atoms with van der Waals surface area (Å²) in [5, 5.41) is 3.00. The number of nitrogens with one attached hydrogen (secondary N) is 1. The molecular weight excluding hydrogens is 598 g/mol. The zero-order valence-corrected chi connectivity index (χ0v) is 26.8. The summed E-state index contributed by atoms with van der Waals surface area (Å²) in [6.45, 7) is 1.08. The molecule has 1 saturated carbocycles. The molecule has 3 aromatic rings. The van der Waals surface area contributed by atoms with Crippen molar-refractivity contribution in [1.82, 2.24) is 25.1 Å². The molecule has 47 heavy (non-hydrogen) atoms. The zero-order chi connectivity index (χ0) is 32.8. The second-order valence-corrected chi connectivity index (χ2v) is 12.4. The van der Waals surface area contributed by atoms with Gasteiger partial charge in [0, 0.05) is 37.1 Å². The number of aldehydes is 1. The molecule has 3 aliphatic rings. The van der Waals surface area contributed by atoms with Crippen LogP contribution in [0.3, 0.4) is 0 Å². The van der Waals surface area contributed by atoms with Crippen LogP contribution in [0.25, 0.3) is 11.3 Å². The molecule has 1 aromatic heterocycles.